The van der Waals surface area contributed by atoms with Gasteiger partial charge in [0, 0.05) is 22.5 Å². The molecule has 0 saturated carbocycles. The third-order valence-corrected chi connectivity index (χ3v) is 14.5. The van der Waals surface area contributed by atoms with Gasteiger partial charge in [-0.3, -0.25) is 0 Å². The average Bonchev–Trinajstić information content (AvgIpc) is 3.90. The summed E-state index contributed by atoms with van der Waals surface area (Å²) in [5.41, 5.74) is 23.7. The van der Waals surface area contributed by atoms with E-state index in [0.29, 0.717) is 0 Å². The number of rotatable bonds is 5. The highest BCUT2D eigenvalue weighted by Gasteiger charge is 2.51. The topological polar surface area (TPSA) is 3.24 Å². The Balaban J connectivity index is 1.01. The minimum atomic E-state index is -0.434. The van der Waals surface area contributed by atoms with E-state index in [1.165, 1.54) is 99.8 Å². The van der Waals surface area contributed by atoms with Gasteiger partial charge in [0.1, 0.15) is 0 Å². The lowest BCUT2D eigenvalue weighted by Gasteiger charge is -2.32. The van der Waals surface area contributed by atoms with Gasteiger partial charge >= 0.3 is 0 Å². The Hall–Kier alpha value is -7.74. The predicted molar refractivity (Wildman–Crippen MR) is 263 cm³/mol. The largest absolute Gasteiger partial charge is 0.310 e. The Morgan fingerprint density at radius 2 is 0.746 bits per heavy atom. The van der Waals surface area contributed by atoms with Crippen molar-refractivity contribution in [3.63, 3.8) is 0 Å². The number of hydrogen-bond donors (Lipinski definition) is 0. The summed E-state index contributed by atoms with van der Waals surface area (Å²) in [6.07, 6.45) is 0. The molecule has 0 atom stereocenters. The molecule has 0 amide bonds. The van der Waals surface area contributed by atoms with Gasteiger partial charge in [-0.2, -0.15) is 0 Å². The van der Waals surface area contributed by atoms with E-state index in [9.17, 15) is 0 Å². The van der Waals surface area contributed by atoms with Crippen molar-refractivity contribution in [2.45, 2.75) is 24.7 Å². The van der Waals surface area contributed by atoms with Crippen molar-refractivity contribution >= 4 is 27.8 Å². The Bertz CT molecular complexity index is 3430. The molecule has 0 unspecified atom stereocenters. The molecule has 0 radical (unpaired) electrons. The molecule has 1 nitrogen and oxygen atoms in total. The Morgan fingerprint density at radius 3 is 1.43 bits per heavy atom. The lowest BCUT2D eigenvalue weighted by molar-refractivity contribution is 0.660. The summed E-state index contributed by atoms with van der Waals surface area (Å²) >= 11 is 0. The van der Waals surface area contributed by atoms with Crippen molar-refractivity contribution < 1.29 is 0 Å². The molecule has 10 aromatic rings. The maximum atomic E-state index is 2.51. The van der Waals surface area contributed by atoms with Crippen LogP contribution in [-0.2, 0) is 10.8 Å². The van der Waals surface area contributed by atoms with E-state index in [1.54, 1.807) is 0 Å². The lowest BCUT2D eigenvalue weighted by Crippen LogP contribution is -2.26. The van der Waals surface area contributed by atoms with Crippen LogP contribution in [0.5, 0.6) is 0 Å². The maximum absolute atomic E-state index is 2.51. The van der Waals surface area contributed by atoms with Crippen LogP contribution < -0.4 is 4.90 Å². The van der Waals surface area contributed by atoms with Gasteiger partial charge in [0.15, 0.2) is 0 Å². The fraction of sp³-hybridized carbons (Fsp3) is 0.0645. The molecule has 3 aliphatic rings. The van der Waals surface area contributed by atoms with Gasteiger partial charge in [-0.05, 0) is 142 Å². The van der Waals surface area contributed by atoms with Crippen molar-refractivity contribution in [2.75, 3.05) is 4.90 Å². The summed E-state index contributed by atoms with van der Waals surface area (Å²) in [6, 6.07) is 84.0. The van der Waals surface area contributed by atoms with Gasteiger partial charge in [0.05, 0.1) is 5.41 Å². The summed E-state index contributed by atoms with van der Waals surface area (Å²) in [5.74, 6) is 0. The number of benzene rings is 10. The fourth-order valence-electron chi connectivity index (χ4n) is 11.6. The first kappa shape index (κ1) is 36.0. The van der Waals surface area contributed by atoms with Crippen LogP contribution in [0.15, 0.2) is 224 Å². The first-order valence-corrected chi connectivity index (χ1v) is 22.2. The zero-order valence-corrected chi connectivity index (χ0v) is 35.3. The van der Waals surface area contributed by atoms with Crippen LogP contribution in [0.1, 0.15) is 47.2 Å². The van der Waals surface area contributed by atoms with Gasteiger partial charge < -0.3 is 4.90 Å². The second kappa shape index (κ2) is 13.4. The van der Waals surface area contributed by atoms with Crippen LogP contribution >= 0.6 is 0 Å². The molecule has 0 heterocycles. The van der Waals surface area contributed by atoms with Gasteiger partial charge in [-0.1, -0.05) is 196 Å². The van der Waals surface area contributed by atoms with Crippen molar-refractivity contribution in [3.05, 3.63) is 258 Å². The third kappa shape index (κ3) is 5.05. The highest BCUT2D eigenvalue weighted by Crippen LogP contribution is 2.63. The Labute approximate surface area is 369 Å². The summed E-state index contributed by atoms with van der Waals surface area (Å²) in [7, 11) is 0. The summed E-state index contributed by atoms with van der Waals surface area (Å²) < 4.78 is 0. The van der Waals surface area contributed by atoms with E-state index in [-0.39, 0.29) is 5.41 Å². The normalized spacial score (nSPS) is 14.1. The molecule has 0 aromatic heterocycles. The van der Waals surface area contributed by atoms with Crippen molar-refractivity contribution in [3.8, 4) is 55.6 Å². The van der Waals surface area contributed by atoms with Crippen LogP contribution in [0.3, 0.4) is 0 Å². The van der Waals surface area contributed by atoms with E-state index in [2.05, 4.69) is 243 Å². The Kier molecular flexibility index (Phi) is 7.64. The smallest absolute Gasteiger partial charge is 0.0726 e. The quantitative estimate of drug-likeness (QED) is 0.168. The SMILES string of the molecule is CC1(C)c2cc(-c3cccc4ccccc34)ccc2-c2ccc(N(c3cccc(-c4ccccc4)c3)c3ccc4c(c3)C3(c5ccccc5-c5ccccc53)c3ccccc3-4)cc21. The third-order valence-electron chi connectivity index (χ3n) is 14.5. The molecule has 1 heteroatoms. The highest BCUT2D eigenvalue weighted by atomic mass is 15.1. The van der Waals surface area contributed by atoms with Gasteiger partial charge in [-0.25, -0.2) is 0 Å². The van der Waals surface area contributed by atoms with Crippen LogP contribution in [-0.4, -0.2) is 0 Å². The fourth-order valence-corrected chi connectivity index (χ4v) is 11.6. The summed E-state index contributed by atoms with van der Waals surface area (Å²) in [5, 5.41) is 2.55. The number of hydrogen-bond acceptors (Lipinski definition) is 1. The van der Waals surface area contributed by atoms with E-state index in [4.69, 9.17) is 0 Å². The molecule has 3 aliphatic carbocycles. The zero-order chi connectivity index (χ0) is 41.9. The van der Waals surface area contributed by atoms with Crippen molar-refractivity contribution in [2.24, 2.45) is 0 Å². The summed E-state index contributed by atoms with van der Waals surface area (Å²) in [6.45, 7) is 4.81. The molecule has 10 aromatic carbocycles. The van der Waals surface area contributed by atoms with Crippen molar-refractivity contribution in [1.82, 2.24) is 0 Å². The van der Waals surface area contributed by atoms with Crippen LogP contribution in [0, 0.1) is 0 Å². The first-order valence-electron chi connectivity index (χ1n) is 22.2. The van der Waals surface area contributed by atoms with Crippen LogP contribution in [0.4, 0.5) is 17.1 Å². The van der Waals surface area contributed by atoms with Crippen LogP contribution in [0.2, 0.25) is 0 Å². The molecule has 63 heavy (non-hydrogen) atoms. The number of anilines is 3. The molecule has 0 saturated heterocycles. The minimum absolute atomic E-state index is 0.222. The van der Waals surface area contributed by atoms with Crippen LogP contribution in [0.25, 0.3) is 66.4 Å². The molecule has 13 rings (SSSR count). The molecule has 0 fully saturated rings. The van der Waals surface area contributed by atoms with E-state index < -0.39 is 5.41 Å². The van der Waals surface area contributed by atoms with E-state index >= 15 is 0 Å². The van der Waals surface area contributed by atoms with E-state index in [1.807, 2.05) is 0 Å². The Morgan fingerprint density at radius 1 is 0.286 bits per heavy atom. The molecular formula is C62H43N. The molecular weight excluding hydrogens is 759 g/mol. The average molecular weight is 802 g/mol. The number of fused-ring (bicyclic) bond motifs is 14. The van der Waals surface area contributed by atoms with E-state index in [0.717, 1.165) is 17.1 Å². The maximum Gasteiger partial charge on any atom is 0.0726 e. The molecule has 0 aliphatic heterocycles. The minimum Gasteiger partial charge on any atom is -0.310 e. The van der Waals surface area contributed by atoms with Gasteiger partial charge in [0.2, 0.25) is 0 Å². The lowest BCUT2D eigenvalue weighted by atomic mass is 9.70. The van der Waals surface area contributed by atoms with Gasteiger partial charge in [0.25, 0.3) is 0 Å². The molecule has 1 spiro atoms. The second-order valence-corrected chi connectivity index (χ2v) is 18.0. The monoisotopic (exact) mass is 801 g/mol. The number of nitrogens with zero attached hydrogens (tertiary/aromatic N) is 1. The highest BCUT2D eigenvalue weighted by molar-refractivity contribution is 5.99. The first-order chi connectivity index (χ1) is 31.0. The molecule has 0 bridgehead atoms. The standard InChI is InChI=1S/C62H43N/c1-61(2)58-37-43(48-26-15-19-41-18-6-7-22-47(41)48)30-33-52(58)53-34-31-45(38-59(53)61)63(44-21-14-20-42(36-44)40-16-4-3-5-17-40)46-32-35-54-51-25-10-13-29-57(51)62(60(54)39-46)55-27-11-8-23-49(55)50-24-9-12-28-56(50)62/h3-39H,1-2H3. The van der Waals surface area contributed by atoms with Gasteiger partial charge in [-0.15, -0.1) is 0 Å². The second-order valence-electron chi connectivity index (χ2n) is 18.0. The van der Waals surface area contributed by atoms with Crippen molar-refractivity contribution in [1.29, 1.82) is 0 Å². The molecule has 296 valence electrons. The zero-order valence-electron chi connectivity index (χ0n) is 35.3. The molecule has 0 N–H and O–H groups in total. The summed E-state index contributed by atoms with van der Waals surface area (Å²) in [4.78, 5) is 2.50. The predicted octanol–water partition coefficient (Wildman–Crippen LogP) is 16.3.